The molecule has 1 amide bonds. The van der Waals surface area contributed by atoms with E-state index in [0.29, 0.717) is 31.6 Å². The zero-order chi connectivity index (χ0) is 29.4. The van der Waals surface area contributed by atoms with Gasteiger partial charge in [0.05, 0.1) is 17.9 Å². The van der Waals surface area contributed by atoms with Gasteiger partial charge in [-0.3, -0.25) is 4.79 Å². The maximum absolute atomic E-state index is 13.6. The van der Waals surface area contributed by atoms with E-state index >= 15 is 0 Å². The number of aliphatic hydroxyl groups excluding tert-OH is 1. The number of nitrogens with one attached hydrogen (secondary N) is 1. The first-order valence-corrected chi connectivity index (χ1v) is 15.8. The van der Waals surface area contributed by atoms with Gasteiger partial charge < -0.3 is 22.6 Å². The van der Waals surface area contributed by atoms with Crippen LogP contribution in [-0.2, 0) is 27.8 Å². The molecule has 3 aromatic carbocycles. The largest absolute Gasteiger partial charge is 2.00 e. The van der Waals surface area contributed by atoms with Crippen molar-refractivity contribution < 1.29 is 54.2 Å². The Morgan fingerprint density at radius 2 is 1.81 bits per heavy atom. The average molecular weight is 870 g/mol. The second kappa shape index (κ2) is 14.7. The van der Waals surface area contributed by atoms with Crippen LogP contribution in [0.4, 0.5) is 0 Å². The van der Waals surface area contributed by atoms with Gasteiger partial charge in [0.15, 0.2) is 0 Å². The van der Waals surface area contributed by atoms with Crippen LogP contribution in [0.25, 0.3) is 11.1 Å². The van der Waals surface area contributed by atoms with Gasteiger partial charge in [-0.1, -0.05) is 71.1 Å². The number of ether oxygens (including phenoxy) is 1. The van der Waals surface area contributed by atoms with Crippen molar-refractivity contribution in [1.29, 1.82) is 0 Å². The number of nitrogens with zero attached hydrogens (tertiary/aromatic N) is 1. The van der Waals surface area contributed by atoms with Crippen molar-refractivity contribution in [3.05, 3.63) is 89.3 Å². The van der Waals surface area contributed by atoms with Crippen molar-refractivity contribution in [3.63, 3.8) is 0 Å². The molecule has 2 unspecified atom stereocenters. The molecule has 1 aliphatic carbocycles. The van der Waals surface area contributed by atoms with E-state index in [1.807, 2.05) is 31.2 Å². The first-order chi connectivity index (χ1) is 19.6. The number of piperidine rings is 1. The molecule has 0 bridgehead atoms. The summed E-state index contributed by atoms with van der Waals surface area (Å²) in [7, 11) is -2.28. The standard InChI is InChI=1S/C31H33Cl2N2O5S.CH3.U/c1-20(13-21-5-8-23(9-6-21)27-10-7-22(19-36)14-29(27)40-2)34-30(37)28-18-31(28)11-3-4-12-35(31)41(38,39)26-16-24(32)15-25(33)17-26;;/h5-9,14-17,20,28,36H,3-4,11-13,18-19H2,1-2H3,(H,34,37);1H3;/q2*-1;+2/t20-,28?,31?;;/m1../s1. The Balaban J connectivity index is 0.00000253. The van der Waals surface area contributed by atoms with Crippen LogP contribution in [0, 0.1) is 50.5 Å². The molecular weight excluding hydrogens is 833 g/mol. The zero-order valence-electron chi connectivity index (χ0n) is 24.5. The first-order valence-electron chi connectivity index (χ1n) is 13.7. The molecule has 0 radical (unpaired) electrons. The topological polar surface area (TPSA) is 95.9 Å². The molecule has 1 aliphatic heterocycles. The molecule has 1 spiro atoms. The van der Waals surface area contributed by atoms with Crippen molar-refractivity contribution >= 4 is 39.1 Å². The van der Waals surface area contributed by atoms with Gasteiger partial charge in [0.1, 0.15) is 0 Å². The average Bonchev–Trinajstić information content (AvgIpc) is 3.66. The van der Waals surface area contributed by atoms with E-state index in [-0.39, 0.29) is 72.0 Å². The monoisotopic (exact) mass is 868 g/mol. The van der Waals surface area contributed by atoms with Crippen LogP contribution in [-0.4, -0.2) is 49.0 Å². The molecule has 3 aromatic rings. The minimum Gasteiger partial charge on any atom is -0.540 e. The van der Waals surface area contributed by atoms with Gasteiger partial charge in [0.25, 0.3) is 0 Å². The van der Waals surface area contributed by atoms with Gasteiger partial charge in [-0.25, -0.2) is 8.42 Å². The number of amides is 1. The van der Waals surface area contributed by atoms with Crippen molar-refractivity contribution in [2.75, 3.05) is 13.7 Å². The Bertz CT molecular complexity index is 1530. The normalized spacial score (nSPS) is 20.4. The summed E-state index contributed by atoms with van der Waals surface area (Å²) in [6.07, 6.45) is 3.39. The van der Waals surface area contributed by atoms with E-state index in [9.17, 15) is 18.3 Å². The molecule has 2 fully saturated rings. The summed E-state index contributed by atoms with van der Waals surface area (Å²) in [5.74, 6) is 0.117. The molecule has 5 rings (SSSR count). The van der Waals surface area contributed by atoms with Gasteiger partial charge in [0.2, 0.25) is 15.9 Å². The summed E-state index contributed by atoms with van der Waals surface area (Å²) < 4.78 is 34.3. The fourth-order valence-corrected chi connectivity index (χ4v) is 8.54. The Morgan fingerprint density at radius 3 is 2.44 bits per heavy atom. The predicted octanol–water partition coefficient (Wildman–Crippen LogP) is 6.09. The maximum Gasteiger partial charge on any atom is 2.00 e. The molecule has 1 saturated carbocycles. The molecule has 1 heterocycles. The Labute approximate surface area is 288 Å². The molecule has 7 nitrogen and oxygen atoms in total. The molecule has 1 saturated heterocycles. The molecule has 11 heteroatoms. The fraction of sp³-hybridized carbons (Fsp3) is 0.375. The summed E-state index contributed by atoms with van der Waals surface area (Å²) in [4.78, 5) is 13.4. The molecule has 228 valence electrons. The van der Waals surface area contributed by atoms with E-state index in [2.05, 4.69) is 11.4 Å². The maximum atomic E-state index is 13.6. The number of hydrogen-bond acceptors (Lipinski definition) is 5. The number of rotatable bonds is 9. The molecular formula is C32H36Cl2N2O5SU. The quantitative estimate of drug-likeness (QED) is 0.254. The zero-order valence-corrected chi connectivity index (χ0v) is 31.0. The van der Waals surface area contributed by atoms with Gasteiger partial charge in [-0.2, -0.15) is 4.31 Å². The Hall–Kier alpha value is -1.57. The number of carbonyl (C=O) groups is 1. The molecule has 2 N–H and O–H groups in total. The minimum atomic E-state index is -3.87. The second-order valence-corrected chi connectivity index (χ2v) is 13.7. The van der Waals surface area contributed by atoms with Crippen LogP contribution in [0.15, 0.2) is 59.5 Å². The molecule has 0 aromatic heterocycles. The fourth-order valence-electron chi connectivity index (χ4n) is 5.93. The van der Waals surface area contributed by atoms with Crippen LogP contribution in [0.5, 0.6) is 5.75 Å². The van der Waals surface area contributed by atoms with Crippen LogP contribution >= 0.6 is 23.2 Å². The predicted molar refractivity (Wildman–Crippen MR) is 166 cm³/mol. The van der Waals surface area contributed by atoms with E-state index < -0.39 is 21.5 Å². The molecule has 3 atom stereocenters. The van der Waals surface area contributed by atoms with Crippen LogP contribution < -0.4 is 10.1 Å². The smallest absolute Gasteiger partial charge is 0.540 e. The SMILES string of the molecule is COc1cc(CO)c[c-]c1-c1ccc(C[C@@H](C)NC(=O)C2CC23CCCCN3S(=O)(=O)c2cc(Cl)cc(Cl)c2)cc1.[CH3-].[U+2]. The van der Waals surface area contributed by atoms with Crippen LogP contribution in [0.3, 0.4) is 0 Å². The summed E-state index contributed by atoms with van der Waals surface area (Å²) in [5.41, 5.74) is 2.82. The Kier molecular flexibility index (Phi) is 12.3. The number of hydrogen-bond donors (Lipinski definition) is 2. The van der Waals surface area contributed by atoms with Crippen molar-refractivity contribution in [2.45, 2.75) is 62.1 Å². The number of halogens is 2. The van der Waals surface area contributed by atoms with Crippen LogP contribution in [0.1, 0.15) is 43.7 Å². The third-order valence-electron chi connectivity index (χ3n) is 8.04. The van der Waals surface area contributed by atoms with Gasteiger partial charge in [0, 0.05) is 40.5 Å². The summed E-state index contributed by atoms with van der Waals surface area (Å²) in [6, 6.07) is 18.9. The third kappa shape index (κ3) is 7.64. The number of aliphatic hydroxyl groups is 1. The van der Waals surface area contributed by atoms with Crippen molar-refractivity contribution in [2.24, 2.45) is 5.92 Å². The number of sulfonamides is 1. The number of benzene rings is 3. The summed E-state index contributed by atoms with van der Waals surface area (Å²) in [5, 5.41) is 13.0. The number of methoxy groups -OCH3 is 1. The van der Waals surface area contributed by atoms with Gasteiger partial charge in [-0.05, 0) is 56.4 Å². The van der Waals surface area contributed by atoms with Crippen molar-refractivity contribution in [1.82, 2.24) is 9.62 Å². The van der Waals surface area contributed by atoms with Crippen molar-refractivity contribution in [3.8, 4) is 16.9 Å². The van der Waals surface area contributed by atoms with Gasteiger partial charge >= 0.3 is 31.1 Å². The summed E-state index contributed by atoms with van der Waals surface area (Å²) >= 11 is 12.2. The third-order valence-corrected chi connectivity index (χ3v) is 10.4. The van der Waals surface area contributed by atoms with E-state index in [1.54, 1.807) is 19.2 Å². The van der Waals surface area contributed by atoms with E-state index in [0.717, 1.165) is 35.1 Å². The number of carbonyl (C=O) groups excluding carboxylic acids is 1. The first kappa shape index (κ1) is 35.9. The minimum absolute atomic E-state index is 0. The Morgan fingerprint density at radius 1 is 1.14 bits per heavy atom. The van der Waals surface area contributed by atoms with Crippen LogP contribution in [0.2, 0.25) is 10.0 Å². The van der Waals surface area contributed by atoms with Gasteiger partial charge in [-0.15, -0.1) is 17.7 Å². The second-order valence-electron chi connectivity index (χ2n) is 10.9. The summed E-state index contributed by atoms with van der Waals surface area (Å²) in [6.45, 7) is 2.24. The van der Waals surface area contributed by atoms with E-state index in [4.69, 9.17) is 27.9 Å². The molecule has 2 aliphatic rings. The molecule has 43 heavy (non-hydrogen) atoms. The van der Waals surface area contributed by atoms with E-state index in [1.165, 1.54) is 22.5 Å².